The molecule has 3 aliphatic rings. The Balaban J connectivity index is 1.62. The number of hydrogen-bond acceptors (Lipinski definition) is 6. The summed E-state index contributed by atoms with van der Waals surface area (Å²) in [7, 11) is 1.73. The monoisotopic (exact) mass is 425 g/mol. The number of likely N-dealkylation sites (N-methyl/N-ethyl adjacent to an activating group) is 1. The highest BCUT2D eigenvalue weighted by atomic mass is 16.5. The van der Waals surface area contributed by atoms with Gasteiger partial charge in [-0.25, -0.2) is 9.79 Å². The Bertz CT molecular complexity index is 928. The molecule has 2 atom stereocenters. The molecule has 2 unspecified atom stereocenters. The molecule has 1 fully saturated rings. The van der Waals surface area contributed by atoms with E-state index in [1.807, 2.05) is 54.1 Å². The molecule has 0 saturated carbocycles. The second kappa shape index (κ2) is 8.61. The van der Waals surface area contributed by atoms with E-state index < -0.39 is 12.2 Å². The number of urea groups is 1. The van der Waals surface area contributed by atoms with Crippen molar-refractivity contribution in [1.29, 1.82) is 0 Å². The topological polar surface area (TPSA) is 68.7 Å². The Kier molecular flexibility index (Phi) is 5.89. The fourth-order valence-electron chi connectivity index (χ4n) is 4.47. The van der Waals surface area contributed by atoms with Crippen molar-refractivity contribution in [2.24, 2.45) is 4.99 Å². The van der Waals surface area contributed by atoms with Gasteiger partial charge in [0.25, 0.3) is 5.91 Å². The van der Waals surface area contributed by atoms with Crippen molar-refractivity contribution in [1.82, 2.24) is 14.7 Å². The van der Waals surface area contributed by atoms with Crippen LogP contribution in [0.5, 0.6) is 5.75 Å². The van der Waals surface area contributed by atoms with Crippen LogP contribution in [0.1, 0.15) is 46.5 Å². The summed E-state index contributed by atoms with van der Waals surface area (Å²) in [4.78, 5) is 38.0. The minimum Gasteiger partial charge on any atom is -0.492 e. The molecule has 0 aromatic heterocycles. The van der Waals surface area contributed by atoms with Gasteiger partial charge in [0, 0.05) is 25.5 Å². The summed E-state index contributed by atoms with van der Waals surface area (Å²) in [6.45, 7) is 7.09. The molecule has 0 radical (unpaired) electrons. The minimum absolute atomic E-state index is 0.174. The van der Waals surface area contributed by atoms with Crippen LogP contribution in [0.15, 0.2) is 41.2 Å². The maximum atomic E-state index is 13.4. The lowest BCUT2D eigenvalue weighted by Gasteiger charge is -2.40. The van der Waals surface area contributed by atoms with Crippen LogP contribution in [0.2, 0.25) is 0 Å². The van der Waals surface area contributed by atoms with Gasteiger partial charge in [-0.15, -0.1) is 0 Å². The normalized spacial score (nSPS) is 22.6. The third kappa shape index (κ3) is 3.54. The number of benzene rings is 1. The second-order valence-electron chi connectivity index (χ2n) is 8.15. The van der Waals surface area contributed by atoms with Crippen molar-refractivity contribution in [2.75, 3.05) is 25.1 Å². The molecular weight excluding hydrogens is 394 g/mol. The van der Waals surface area contributed by atoms with Gasteiger partial charge in [-0.05, 0) is 32.4 Å². The second-order valence-corrected chi connectivity index (χ2v) is 8.15. The highest BCUT2D eigenvalue weighted by Gasteiger charge is 2.54. The first kappa shape index (κ1) is 21.2. The summed E-state index contributed by atoms with van der Waals surface area (Å²) < 4.78 is 5.82. The summed E-state index contributed by atoms with van der Waals surface area (Å²) in [5, 5.41) is 0. The van der Waals surface area contributed by atoms with Gasteiger partial charge in [0.05, 0.1) is 12.3 Å². The maximum absolute atomic E-state index is 13.4. The molecule has 0 N–H and O–H groups in total. The minimum atomic E-state index is -0.539. The van der Waals surface area contributed by atoms with Gasteiger partial charge >= 0.3 is 6.03 Å². The first-order valence-corrected chi connectivity index (χ1v) is 11.1. The van der Waals surface area contributed by atoms with Crippen molar-refractivity contribution in [3.8, 4) is 5.75 Å². The zero-order valence-corrected chi connectivity index (χ0v) is 18.7. The predicted octanol–water partition coefficient (Wildman–Crippen LogP) is 3.61. The van der Waals surface area contributed by atoms with Gasteiger partial charge in [0.1, 0.15) is 5.75 Å². The van der Waals surface area contributed by atoms with Crippen LogP contribution in [0.25, 0.3) is 0 Å². The summed E-state index contributed by atoms with van der Waals surface area (Å²) in [5.41, 5.74) is 1.82. The Labute approximate surface area is 183 Å². The molecule has 8 nitrogen and oxygen atoms in total. The number of amides is 3. The quantitative estimate of drug-likeness (QED) is 0.595. The number of para-hydroxylation sites is 2. The molecule has 1 aromatic carbocycles. The van der Waals surface area contributed by atoms with Crippen molar-refractivity contribution >= 4 is 23.6 Å². The van der Waals surface area contributed by atoms with Crippen LogP contribution >= 0.6 is 0 Å². The number of ether oxygens (including phenoxy) is 1. The first-order chi connectivity index (χ1) is 15.0. The van der Waals surface area contributed by atoms with Crippen molar-refractivity contribution < 1.29 is 14.3 Å². The summed E-state index contributed by atoms with van der Waals surface area (Å²) >= 11 is 0. The van der Waals surface area contributed by atoms with Crippen molar-refractivity contribution in [3.63, 3.8) is 0 Å². The molecule has 3 amide bonds. The van der Waals surface area contributed by atoms with E-state index in [0.29, 0.717) is 19.1 Å². The van der Waals surface area contributed by atoms with Crippen LogP contribution in [-0.2, 0) is 4.79 Å². The number of rotatable bonds is 8. The van der Waals surface area contributed by atoms with Gasteiger partial charge in [0.2, 0.25) is 5.96 Å². The van der Waals surface area contributed by atoms with Gasteiger partial charge in [-0.2, -0.15) is 0 Å². The third-order valence-corrected chi connectivity index (χ3v) is 6.03. The zero-order chi connectivity index (χ0) is 22.1. The number of anilines is 1. The van der Waals surface area contributed by atoms with Crippen LogP contribution in [0, 0.1) is 0 Å². The number of carbonyl (C=O) groups is 2. The van der Waals surface area contributed by atoms with E-state index in [2.05, 4.69) is 6.92 Å². The Hall–Kier alpha value is -3.03. The first-order valence-electron chi connectivity index (χ1n) is 11.1. The summed E-state index contributed by atoms with van der Waals surface area (Å²) in [6.07, 6.45) is 5.47. The molecule has 1 aromatic rings. The lowest BCUT2D eigenvalue weighted by atomic mass is 10.1. The van der Waals surface area contributed by atoms with Crippen molar-refractivity contribution in [2.45, 2.75) is 58.7 Å². The number of carbonyl (C=O) groups excluding carboxylic acids is 2. The lowest BCUT2D eigenvalue weighted by Crippen LogP contribution is -2.64. The van der Waals surface area contributed by atoms with Crippen molar-refractivity contribution in [3.05, 3.63) is 36.2 Å². The molecule has 8 heteroatoms. The molecule has 3 aliphatic heterocycles. The van der Waals surface area contributed by atoms with E-state index >= 15 is 0 Å². The van der Waals surface area contributed by atoms with Gasteiger partial charge < -0.3 is 14.5 Å². The van der Waals surface area contributed by atoms with E-state index in [1.165, 1.54) is 4.90 Å². The molecule has 31 heavy (non-hydrogen) atoms. The molecular formula is C23H31N5O3. The summed E-state index contributed by atoms with van der Waals surface area (Å²) in [5.74, 6) is 1.23. The van der Waals surface area contributed by atoms with E-state index in [1.54, 1.807) is 11.9 Å². The van der Waals surface area contributed by atoms with E-state index in [0.717, 1.165) is 42.8 Å². The highest BCUT2D eigenvalue weighted by Crippen LogP contribution is 2.39. The third-order valence-electron chi connectivity index (χ3n) is 6.03. The smallest absolute Gasteiger partial charge is 0.328 e. The summed E-state index contributed by atoms with van der Waals surface area (Å²) in [6, 6.07) is 6.99. The fraction of sp³-hybridized carbons (Fsp3) is 0.522. The molecule has 0 spiro atoms. The average Bonchev–Trinajstić information content (AvgIpc) is 3.27. The zero-order valence-electron chi connectivity index (χ0n) is 18.7. The molecule has 166 valence electrons. The van der Waals surface area contributed by atoms with Crippen LogP contribution in [0.4, 0.5) is 10.5 Å². The number of guanidine groups is 1. The number of hydrogen-bond donors (Lipinski definition) is 0. The lowest BCUT2D eigenvalue weighted by molar-refractivity contribution is -0.136. The van der Waals surface area contributed by atoms with Gasteiger partial charge in [-0.3, -0.25) is 14.6 Å². The Morgan fingerprint density at radius 1 is 1.10 bits per heavy atom. The molecule has 0 bridgehead atoms. The maximum Gasteiger partial charge on any atom is 0.328 e. The molecule has 0 aliphatic carbocycles. The molecule has 1 saturated heterocycles. The van der Waals surface area contributed by atoms with Crippen LogP contribution in [-0.4, -0.2) is 65.0 Å². The van der Waals surface area contributed by atoms with Gasteiger partial charge in [0.15, 0.2) is 12.2 Å². The fourth-order valence-corrected chi connectivity index (χ4v) is 4.47. The van der Waals surface area contributed by atoms with Crippen LogP contribution < -0.4 is 9.64 Å². The van der Waals surface area contributed by atoms with Gasteiger partial charge in [-0.1, -0.05) is 38.3 Å². The number of aliphatic imine (C=N–C) groups is 1. The SMILES string of the molecule is CCCCCCN1C(=O)C2C(N=C3N(c4ccccc4OCC)C(C)=CN32)N(C)C1=O. The molecule has 3 heterocycles. The Morgan fingerprint density at radius 2 is 1.87 bits per heavy atom. The predicted molar refractivity (Wildman–Crippen MR) is 120 cm³/mol. The highest BCUT2D eigenvalue weighted by molar-refractivity contribution is 6.10. The standard InChI is InChI=1S/C23H31N5O3/c1-5-7-8-11-14-26-21(29)19-20(25(4)23(26)30)24-22-27(19)15-16(3)28(22)17-12-9-10-13-18(17)31-6-2/h9-10,12-13,15,19-20H,5-8,11,14H2,1-4H3. The van der Waals surface area contributed by atoms with E-state index in [4.69, 9.17) is 9.73 Å². The number of unbranched alkanes of at least 4 members (excludes halogenated alkanes) is 3. The number of fused-ring (bicyclic) bond motifs is 3. The van der Waals surface area contributed by atoms with E-state index in [9.17, 15) is 9.59 Å². The van der Waals surface area contributed by atoms with E-state index in [-0.39, 0.29) is 11.9 Å². The molecule has 4 rings (SSSR count). The Morgan fingerprint density at radius 3 is 2.61 bits per heavy atom. The number of allylic oxidation sites excluding steroid dienone is 1. The largest absolute Gasteiger partial charge is 0.492 e. The van der Waals surface area contributed by atoms with Crippen LogP contribution in [0.3, 0.4) is 0 Å². The average molecular weight is 426 g/mol. The number of nitrogens with zero attached hydrogens (tertiary/aromatic N) is 5. The number of imide groups is 1.